The number of carbonyl (C=O) groups excluding carboxylic acids is 1. The summed E-state index contributed by atoms with van der Waals surface area (Å²) in [6.07, 6.45) is 1.95. The average Bonchev–Trinajstić information content (AvgIpc) is 3.53. The Kier molecular flexibility index (Phi) is 5.55. The lowest BCUT2D eigenvalue weighted by Crippen LogP contribution is -2.48. The quantitative estimate of drug-likeness (QED) is 0.821. The lowest BCUT2D eigenvalue weighted by molar-refractivity contribution is -0.123. The first-order chi connectivity index (χ1) is 13.3. The molecule has 1 N–H and O–H groups in total. The fourth-order valence-electron chi connectivity index (χ4n) is 4.04. The number of nitrogens with one attached hydrogen (secondary N) is 1. The van der Waals surface area contributed by atoms with Crippen molar-refractivity contribution in [3.05, 3.63) is 71.8 Å². The molecule has 0 spiro atoms. The van der Waals surface area contributed by atoms with Crippen LogP contribution in [0, 0.1) is 0 Å². The molecule has 1 amide bonds. The Bertz CT molecular complexity index is 735. The number of benzene rings is 2. The summed E-state index contributed by atoms with van der Waals surface area (Å²) in [5, 5.41) is 3.19. The van der Waals surface area contributed by atoms with E-state index in [-0.39, 0.29) is 11.3 Å². The van der Waals surface area contributed by atoms with E-state index in [9.17, 15) is 4.79 Å². The third-order valence-corrected chi connectivity index (χ3v) is 5.94. The summed E-state index contributed by atoms with van der Waals surface area (Å²) in [5.41, 5.74) is 2.29. The zero-order chi connectivity index (χ0) is 18.5. The predicted octanol–water partition coefficient (Wildman–Crippen LogP) is 2.65. The molecule has 4 nitrogen and oxygen atoms in total. The van der Waals surface area contributed by atoms with Crippen LogP contribution in [0.25, 0.3) is 0 Å². The number of carbonyl (C=O) groups is 1. The molecule has 1 saturated heterocycles. The molecule has 1 saturated carbocycles. The van der Waals surface area contributed by atoms with E-state index >= 15 is 0 Å². The van der Waals surface area contributed by atoms with Gasteiger partial charge in [-0.3, -0.25) is 14.6 Å². The number of nitrogens with zero attached hydrogens (tertiary/aromatic N) is 2. The van der Waals surface area contributed by atoms with Gasteiger partial charge in [-0.2, -0.15) is 0 Å². The van der Waals surface area contributed by atoms with Crippen LogP contribution in [0.15, 0.2) is 60.7 Å². The number of piperazine rings is 1. The van der Waals surface area contributed by atoms with Gasteiger partial charge in [0.05, 0.1) is 5.41 Å². The molecule has 142 valence electrons. The van der Waals surface area contributed by atoms with Gasteiger partial charge < -0.3 is 5.32 Å². The molecular weight excluding hydrogens is 334 g/mol. The van der Waals surface area contributed by atoms with Gasteiger partial charge in [-0.05, 0) is 24.0 Å². The van der Waals surface area contributed by atoms with Crippen LogP contribution in [-0.4, -0.2) is 55.0 Å². The molecule has 0 unspecified atom stereocenters. The maximum Gasteiger partial charge on any atom is 0.230 e. The second-order valence-electron chi connectivity index (χ2n) is 7.81. The third kappa shape index (κ3) is 4.40. The van der Waals surface area contributed by atoms with Crippen molar-refractivity contribution in [3.8, 4) is 0 Å². The standard InChI is InChI=1S/C23H29N3O/c27-22(23(11-12-23)21-9-5-2-6-10-21)24-13-14-25-15-17-26(18-16-25)19-20-7-3-1-4-8-20/h1-10H,11-19H2,(H,24,27). The molecule has 27 heavy (non-hydrogen) atoms. The molecule has 0 aromatic heterocycles. The average molecular weight is 364 g/mol. The van der Waals surface area contributed by atoms with Crippen LogP contribution in [0.4, 0.5) is 0 Å². The van der Waals surface area contributed by atoms with Gasteiger partial charge in [0.2, 0.25) is 5.91 Å². The van der Waals surface area contributed by atoms with Crippen LogP contribution in [0.5, 0.6) is 0 Å². The summed E-state index contributed by atoms with van der Waals surface area (Å²) in [4.78, 5) is 17.7. The Balaban J connectivity index is 1.18. The van der Waals surface area contributed by atoms with E-state index in [4.69, 9.17) is 0 Å². The van der Waals surface area contributed by atoms with Crippen molar-refractivity contribution in [2.75, 3.05) is 39.3 Å². The van der Waals surface area contributed by atoms with Crippen molar-refractivity contribution in [2.45, 2.75) is 24.8 Å². The molecule has 2 fully saturated rings. The van der Waals surface area contributed by atoms with Gasteiger partial charge in [-0.1, -0.05) is 60.7 Å². The van der Waals surface area contributed by atoms with Crippen LogP contribution in [0.3, 0.4) is 0 Å². The Hall–Kier alpha value is -2.17. The van der Waals surface area contributed by atoms with Crippen molar-refractivity contribution in [1.82, 2.24) is 15.1 Å². The zero-order valence-corrected chi connectivity index (χ0v) is 15.9. The lowest BCUT2D eigenvalue weighted by atomic mass is 9.95. The molecule has 4 heteroatoms. The van der Waals surface area contributed by atoms with Crippen molar-refractivity contribution in [1.29, 1.82) is 0 Å². The smallest absolute Gasteiger partial charge is 0.230 e. The van der Waals surface area contributed by atoms with Crippen LogP contribution in [0.2, 0.25) is 0 Å². The number of rotatable bonds is 7. The maximum atomic E-state index is 12.7. The van der Waals surface area contributed by atoms with E-state index in [0.29, 0.717) is 0 Å². The van der Waals surface area contributed by atoms with Crippen LogP contribution in [-0.2, 0) is 16.8 Å². The van der Waals surface area contributed by atoms with E-state index in [1.807, 2.05) is 18.2 Å². The van der Waals surface area contributed by atoms with Crippen LogP contribution >= 0.6 is 0 Å². The fraction of sp³-hybridized carbons (Fsp3) is 0.435. The van der Waals surface area contributed by atoms with Crippen molar-refractivity contribution in [3.63, 3.8) is 0 Å². The molecule has 1 aliphatic carbocycles. The molecule has 2 aliphatic rings. The van der Waals surface area contributed by atoms with Crippen LogP contribution < -0.4 is 5.32 Å². The number of amides is 1. The first kappa shape index (κ1) is 18.2. The van der Waals surface area contributed by atoms with Gasteiger partial charge in [-0.25, -0.2) is 0 Å². The number of hydrogen-bond acceptors (Lipinski definition) is 3. The molecular formula is C23H29N3O. The van der Waals surface area contributed by atoms with Crippen molar-refractivity contribution in [2.24, 2.45) is 0 Å². The minimum absolute atomic E-state index is 0.205. The van der Waals surface area contributed by atoms with E-state index < -0.39 is 0 Å². The Morgan fingerprint density at radius 3 is 2.07 bits per heavy atom. The molecule has 2 aromatic rings. The second-order valence-corrected chi connectivity index (χ2v) is 7.81. The summed E-state index contributed by atoms with van der Waals surface area (Å²) in [7, 11) is 0. The first-order valence-corrected chi connectivity index (χ1v) is 10.1. The third-order valence-electron chi connectivity index (χ3n) is 5.94. The topological polar surface area (TPSA) is 35.6 Å². The molecule has 4 rings (SSSR count). The largest absolute Gasteiger partial charge is 0.354 e. The fourth-order valence-corrected chi connectivity index (χ4v) is 4.04. The van der Waals surface area contributed by atoms with E-state index in [0.717, 1.165) is 64.2 Å². The molecule has 0 atom stereocenters. The highest BCUT2D eigenvalue weighted by Gasteiger charge is 2.50. The summed E-state index contributed by atoms with van der Waals surface area (Å²) in [6, 6.07) is 20.9. The van der Waals surface area contributed by atoms with Gasteiger partial charge in [0, 0.05) is 45.8 Å². The molecule has 1 aliphatic heterocycles. The van der Waals surface area contributed by atoms with Gasteiger partial charge in [0.25, 0.3) is 0 Å². The highest BCUT2D eigenvalue weighted by molar-refractivity contribution is 5.91. The van der Waals surface area contributed by atoms with Crippen molar-refractivity contribution < 1.29 is 4.79 Å². The second kappa shape index (κ2) is 8.24. The lowest BCUT2D eigenvalue weighted by Gasteiger charge is -2.34. The van der Waals surface area contributed by atoms with Gasteiger partial charge >= 0.3 is 0 Å². The minimum atomic E-state index is -0.254. The Morgan fingerprint density at radius 2 is 1.44 bits per heavy atom. The van der Waals surface area contributed by atoms with E-state index in [1.54, 1.807) is 0 Å². The van der Waals surface area contributed by atoms with E-state index in [1.165, 1.54) is 5.56 Å². The first-order valence-electron chi connectivity index (χ1n) is 10.1. The Morgan fingerprint density at radius 1 is 0.852 bits per heavy atom. The SMILES string of the molecule is O=C(NCCN1CCN(Cc2ccccc2)CC1)C1(c2ccccc2)CC1. The van der Waals surface area contributed by atoms with Gasteiger partial charge in [0.15, 0.2) is 0 Å². The maximum absolute atomic E-state index is 12.7. The summed E-state index contributed by atoms with van der Waals surface area (Å²) in [6.45, 7) is 7.06. The predicted molar refractivity (Wildman–Crippen MR) is 109 cm³/mol. The summed E-state index contributed by atoms with van der Waals surface area (Å²) in [5.74, 6) is 0.205. The monoisotopic (exact) mass is 363 g/mol. The normalized spacial score (nSPS) is 19.6. The zero-order valence-electron chi connectivity index (χ0n) is 15.9. The Labute approximate surface area is 162 Å². The highest BCUT2D eigenvalue weighted by Crippen LogP contribution is 2.48. The summed E-state index contributed by atoms with van der Waals surface area (Å²) >= 11 is 0. The molecule has 1 heterocycles. The molecule has 0 bridgehead atoms. The highest BCUT2D eigenvalue weighted by atomic mass is 16.2. The van der Waals surface area contributed by atoms with Gasteiger partial charge in [0.1, 0.15) is 0 Å². The van der Waals surface area contributed by atoms with E-state index in [2.05, 4.69) is 57.6 Å². The summed E-state index contributed by atoms with van der Waals surface area (Å²) < 4.78 is 0. The molecule has 0 radical (unpaired) electrons. The molecule has 2 aromatic carbocycles. The van der Waals surface area contributed by atoms with Crippen LogP contribution in [0.1, 0.15) is 24.0 Å². The van der Waals surface area contributed by atoms with Gasteiger partial charge in [-0.15, -0.1) is 0 Å². The number of hydrogen-bond donors (Lipinski definition) is 1. The van der Waals surface area contributed by atoms with Crippen molar-refractivity contribution >= 4 is 5.91 Å². The minimum Gasteiger partial charge on any atom is -0.354 e.